The van der Waals surface area contributed by atoms with Gasteiger partial charge in [0, 0.05) is 32.0 Å². The van der Waals surface area contributed by atoms with Crippen molar-refractivity contribution < 1.29 is 14.4 Å². The molecule has 18 heavy (non-hydrogen) atoms. The Hall–Kier alpha value is -1.59. The first kappa shape index (κ1) is 12.9. The lowest BCUT2D eigenvalue weighted by atomic mass is 9.98. The van der Waals surface area contributed by atoms with Crippen LogP contribution in [0.2, 0.25) is 0 Å². The highest BCUT2D eigenvalue weighted by Gasteiger charge is 2.29. The lowest BCUT2D eigenvalue weighted by molar-refractivity contribution is -0.129. The first-order valence-electron chi connectivity index (χ1n) is 6.49. The topological polar surface area (TPSA) is 87.3 Å². The predicted molar refractivity (Wildman–Crippen MR) is 64.5 cm³/mol. The maximum Gasteiger partial charge on any atom is 0.224 e. The highest BCUT2D eigenvalue weighted by atomic mass is 16.2. The van der Waals surface area contributed by atoms with Crippen LogP contribution in [0.1, 0.15) is 25.7 Å². The summed E-state index contributed by atoms with van der Waals surface area (Å²) in [5, 5.41) is 8.24. The number of rotatable bonds is 5. The number of amides is 3. The quantitative estimate of drug-likeness (QED) is 0.558. The van der Waals surface area contributed by atoms with Crippen molar-refractivity contribution in [1.29, 1.82) is 0 Å². The molecule has 3 N–H and O–H groups in total. The van der Waals surface area contributed by atoms with Gasteiger partial charge < -0.3 is 16.0 Å². The van der Waals surface area contributed by atoms with Crippen molar-refractivity contribution in [1.82, 2.24) is 16.0 Å². The Morgan fingerprint density at radius 2 is 1.67 bits per heavy atom. The van der Waals surface area contributed by atoms with Crippen LogP contribution in [0.4, 0.5) is 0 Å². The first-order chi connectivity index (χ1) is 8.66. The molecule has 0 spiro atoms. The third-order valence-electron chi connectivity index (χ3n) is 3.31. The van der Waals surface area contributed by atoms with E-state index in [4.69, 9.17) is 0 Å². The molecule has 0 radical (unpaired) electrons. The predicted octanol–water partition coefficient (Wildman–Crippen LogP) is -0.845. The SMILES string of the molecule is O=C1CCC(C(=O)NCCNC(=O)C2CC2)CN1. The molecular weight excluding hydrogens is 234 g/mol. The Kier molecular flexibility index (Phi) is 4.17. The van der Waals surface area contributed by atoms with E-state index < -0.39 is 0 Å². The summed E-state index contributed by atoms with van der Waals surface area (Å²) in [6.07, 6.45) is 2.99. The van der Waals surface area contributed by atoms with Gasteiger partial charge in [-0.1, -0.05) is 0 Å². The number of piperidine rings is 1. The van der Waals surface area contributed by atoms with Crippen molar-refractivity contribution in [3.8, 4) is 0 Å². The molecule has 2 aliphatic rings. The van der Waals surface area contributed by atoms with Crippen LogP contribution in [0, 0.1) is 11.8 Å². The average molecular weight is 253 g/mol. The molecule has 3 amide bonds. The van der Waals surface area contributed by atoms with E-state index in [9.17, 15) is 14.4 Å². The number of hydrogen-bond donors (Lipinski definition) is 3. The zero-order chi connectivity index (χ0) is 13.0. The molecule has 6 nitrogen and oxygen atoms in total. The molecule has 1 atom stereocenters. The van der Waals surface area contributed by atoms with Gasteiger partial charge in [-0.2, -0.15) is 0 Å². The molecule has 1 unspecified atom stereocenters. The fourth-order valence-electron chi connectivity index (χ4n) is 1.96. The summed E-state index contributed by atoms with van der Waals surface area (Å²) in [5.41, 5.74) is 0. The molecule has 1 aliphatic carbocycles. The smallest absolute Gasteiger partial charge is 0.224 e. The molecule has 1 saturated heterocycles. The lowest BCUT2D eigenvalue weighted by Crippen LogP contribution is -2.44. The van der Waals surface area contributed by atoms with Crippen LogP contribution in [0.25, 0.3) is 0 Å². The van der Waals surface area contributed by atoms with Gasteiger partial charge in [-0.05, 0) is 19.3 Å². The molecule has 2 rings (SSSR count). The molecule has 1 aliphatic heterocycles. The molecule has 0 bridgehead atoms. The van der Waals surface area contributed by atoms with E-state index in [1.807, 2.05) is 0 Å². The van der Waals surface area contributed by atoms with Crippen LogP contribution in [-0.4, -0.2) is 37.4 Å². The second kappa shape index (κ2) is 5.84. The minimum Gasteiger partial charge on any atom is -0.355 e. The van der Waals surface area contributed by atoms with Crippen molar-refractivity contribution in [3.63, 3.8) is 0 Å². The molecule has 6 heteroatoms. The zero-order valence-corrected chi connectivity index (χ0v) is 10.3. The molecule has 100 valence electrons. The Morgan fingerprint density at radius 3 is 2.17 bits per heavy atom. The van der Waals surface area contributed by atoms with Crippen molar-refractivity contribution in [3.05, 3.63) is 0 Å². The maximum atomic E-state index is 11.7. The highest BCUT2D eigenvalue weighted by molar-refractivity contribution is 5.84. The monoisotopic (exact) mass is 253 g/mol. The zero-order valence-electron chi connectivity index (χ0n) is 10.3. The summed E-state index contributed by atoms with van der Waals surface area (Å²) in [5.74, 6) is 0.122. The van der Waals surface area contributed by atoms with E-state index in [2.05, 4.69) is 16.0 Å². The van der Waals surface area contributed by atoms with Crippen molar-refractivity contribution in [2.75, 3.05) is 19.6 Å². The largest absolute Gasteiger partial charge is 0.355 e. The third kappa shape index (κ3) is 3.72. The van der Waals surface area contributed by atoms with Crippen molar-refractivity contribution in [2.45, 2.75) is 25.7 Å². The molecule has 0 aromatic rings. The molecule has 1 heterocycles. The number of carbonyl (C=O) groups is 3. The van der Waals surface area contributed by atoms with E-state index in [1.165, 1.54) is 0 Å². The van der Waals surface area contributed by atoms with Gasteiger partial charge in [0.15, 0.2) is 0 Å². The molecule has 0 aromatic carbocycles. The van der Waals surface area contributed by atoms with Crippen LogP contribution in [-0.2, 0) is 14.4 Å². The average Bonchev–Trinajstić information content (AvgIpc) is 3.19. The van der Waals surface area contributed by atoms with Crippen molar-refractivity contribution >= 4 is 17.7 Å². The Balaban J connectivity index is 1.56. The molecule has 0 aromatic heterocycles. The minimum atomic E-state index is -0.137. The van der Waals surface area contributed by atoms with Crippen LogP contribution >= 0.6 is 0 Å². The van der Waals surface area contributed by atoms with E-state index >= 15 is 0 Å². The summed E-state index contributed by atoms with van der Waals surface area (Å²) in [4.78, 5) is 34.0. The Bertz CT molecular complexity index is 342. The second-order valence-electron chi connectivity index (χ2n) is 4.90. The van der Waals surface area contributed by atoms with Crippen LogP contribution in [0.15, 0.2) is 0 Å². The molecule has 2 fully saturated rings. The summed E-state index contributed by atoms with van der Waals surface area (Å²) >= 11 is 0. The standard InChI is InChI=1S/C12H19N3O3/c16-10-4-3-9(7-15-10)12(18)14-6-5-13-11(17)8-1-2-8/h8-9H,1-7H2,(H,13,17)(H,14,18)(H,15,16). The maximum absolute atomic E-state index is 11.7. The van der Waals surface area contributed by atoms with Gasteiger partial charge in [-0.15, -0.1) is 0 Å². The number of nitrogens with one attached hydrogen (secondary N) is 3. The molecular formula is C12H19N3O3. The van der Waals surface area contributed by atoms with E-state index in [0.29, 0.717) is 32.5 Å². The summed E-state index contributed by atoms with van der Waals surface area (Å²) in [7, 11) is 0. The second-order valence-corrected chi connectivity index (χ2v) is 4.90. The van der Waals surface area contributed by atoms with Crippen LogP contribution < -0.4 is 16.0 Å². The van der Waals surface area contributed by atoms with Gasteiger partial charge in [0.05, 0.1) is 5.92 Å². The van der Waals surface area contributed by atoms with Gasteiger partial charge in [-0.3, -0.25) is 14.4 Å². The number of carbonyl (C=O) groups excluding carboxylic acids is 3. The van der Waals surface area contributed by atoms with E-state index in [0.717, 1.165) is 12.8 Å². The normalized spacial score (nSPS) is 23.1. The highest BCUT2D eigenvalue weighted by Crippen LogP contribution is 2.28. The van der Waals surface area contributed by atoms with Crippen LogP contribution in [0.5, 0.6) is 0 Å². The Labute approximate surface area is 106 Å². The van der Waals surface area contributed by atoms with Gasteiger partial charge in [-0.25, -0.2) is 0 Å². The Morgan fingerprint density at radius 1 is 1.06 bits per heavy atom. The minimum absolute atomic E-state index is 0.00995. The van der Waals surface area contributed by atoms with E-state index in [-0.39, 0.29) is 29.6 Å². The molecule has 1 saturated carbocycles. The van der Waals surface area contributed by atoms with Gasteiger partial charge >= 0.3 is 0 Å². The fraction of sp³-hybridized carbons (Fsp3) is 0.750. The summed E-state index contributed by atoms with van der Waals surface area (Å²) in [6.45, 7) is 1.33. The fourth-order valence-corrected chi connectivity index (χ4v) is 1.96. The van der Waals surface area contributed by atoms with Gasteiger partial charge in [0.1, 0.15) is 0 Å². The summed E-state index contributed by atoms with van der Waals surface area (Å²) < 4.78 is 0. The van der Waals surface area contributed by atoms with Gasteiger partial charge in [0.2, 0.25) is 17.7 Å². The lowest BCUT2D eigenvalue weighted by Gasteiger charge is -2.21. The van der Waals surface area contributed by atoms with Crippen LogP contribution in [0.3, 0.4) is 0 Å². The summed E-state index contributed by atoms with van der Waals surface area (Å²) in [6, 6.07) is 0. The third-order valence-corrected chi connectivity index (χ3v) is 3.31. The van der Waals surface area contributed by atoms with Crippen molar-refractivity contribution in [2.24, 2.45) is 11.8 Å². The first-order valence-corrected chi connectivity index (χ1v) is 6.49. The van der Waals surface area contributed by atoms with Gasteiger partial charge in [0.25, 0.3) is 0 Å². The van der Waals surface area contributed by atoms with E-state index in [1.54, 1.807) is 0 Å². The number of hydrogen-bond acceptors (Lipinski definition) is 3.